The van der Waals surface area contributed by atoms with Crippen molar-refractivity contribution in [3.05, 3.63) is 23.2 Å². The number of rotatable bonds is 4. The minimum Gasteiger partial charge on any atom is -0.333 e. The number of hydrogen-bond acceptors (Lipinski definition) is 3. The zero-order valence-corrected chi connectivity index (χ0v) is 14.0. The second-order valence-corrected chi connectivity index (χ2v) is 6.97. The number of carbonyl (C=O) groups excluding carboxylic acids is 2. The highest BCUT2D eigenvalue weighted by Crippen LogP contribution is 2.27. The van der Waals surface area contributed by atoms with Crippen LogP contribution in [0.5, 0.6) is 0 Å². The quantitative estimate of drug-likeness (QED) is 0.913. The Morgan fingerprint density at radius 2 is 2.14 bits per heavy atom. The Morgan fingerprint density at radius 3 is 2.86 bits per heavy atom. The molecule has 5 nitrogen and oxygen atoms in total. The van der Waals surface area contributed by atoms with Crippen LogP contribution < -0.4 is 5.32 Å². The average Bonchev–Trinajstić information content (AvgIpc) is 2.63. The predicted molar refractivity (Wildman–Crippen MR) is 87.5 cm³/mol. The van der Waals surface area contributed by atoms with Gasteiger partial charge < -0.3 is 10.2 Å². The molecule has 1 aliphatic rings. The summed E-state index contributed by atoms with van der Waals surface area (Å²) in [5, 5.41) is 3.06. The second kappa shape index (κ2) is 7.74. The first-order valence-corrected chi connectivity index (χ1v) is 9.12. The first-order valence-electron chi connectivity index (χ1n) is 7.18. The van der Waals surface area contributed by atoms with Crippen LogP contribution in [0.3, 0.4) is 0 Å². The molecule has 0 aromatic heterocycles. The van der Waals surface area contributed by atoms with Crippen molar-refractivity contribution < 1.29 is 13.8 Å². The van der Waals surface area contributed by atoms with Crippen molar-refractivity contribution >= 4 is 39.9 Å². The Balaban J connectivity index is 2.07. The SMILES string of the molecule is C[S@@](=O)c1c(Cl)cccc1NC(=O)CN1CCCCCC1=O. The van der Waals surface area contributed by atoms with Crippen molar-refractivity contribution in [3.63, 3.8) is 0 Å². The van der Waals surface area contributed by atoms with Crippen LogP contribution in [0.25, 0.3) is 0 Å². The molecule has 0 spiro atoms. The Morgan fingerprint density at radius 1 is 1.36 bits per heavy atom. The van der Waals surface area contributed by atoms with Crippen LogP contribution in [0, 0.1) is 0 Å². The number of hydrogen-bond donors (Lipinski definition) is 1. The zero-order valence-electron chi connectivity index (χ0n) is 12.4. The van der Waals surface area contributed by atoms with Gasteiger partial charge in [-0.3, -0.25) is 13.8 Å². The molecule has 0 bridgehead atoms. The summed E-state index contributed by atoms with van der Waals surface area (Å²) >= 11 is 6.04. The van der Waals surface area contributed by atoms with Gasteiger partial charge in [-0.25, -0.2) is 0 Å². The third-order valence-electron chi connectivity index (χ3n) is 3.53. The van der Waals surface area contributed by atoms with Crippen LogP contribution in [0.15, 0.2) is 23.1 Å². The third-order valence-corrected chi connectivity index (χ3v) is 4.98. The highest BCUT2D eigenvalue weighted by molar-refractivity contribution is 7.84. The van der Waals surface area contributed by atoms with E-state index in [0.717, 1.165) is 19.3 Å². The third kappa shape index (κ3) is 4.30. The number of nitrogens with one attached hydrogen (secondary N) is 1. The lowest BCUT2D eigenvalue weighted by atomic mass is 10.2. The van der Waals surface area contributed by atoms with Gasteiger partial charge in [0.15, 0.2) is 0 Å². The molecular formula is C15H19ClN2O3S. The van der Waals surface area contributed by atoms with Gasteiger partial charge in [0.25, 0.3) is 0 Å². The van der Waals surface area contributed by atoms with Crippen molar-refractivity contribution in [2.45, 2.75) is 30.6 Å². The van der Waals surface area contributed by atoms with E-state index >= 15 is 0 Å². The lowest BCUT2D eigenvalue weighted by Gasteiger charge is -2.20. The molecule has 1 atom stereocenters. The van der Waals surface area contributed by atoms with Crippen LogP contribution in [0.1, 0.15) is 25.7 Å². The van der Waals surface area contributed by atoms with E-state index in [1.165, 1.54) is 6.26 Å². The van der Waals surface area contributed by atoms with Gasteiger partial charge in [-0.05, 0) is 25.0 Å². The van der Waals surface area contributed by atoms with Crippen molar-refractivity contribution in [2.24, 2.45) is 0 Å². The molecule has 1 N–H and O–H groups in total. The maximum Gasteiger partial charge on any atom is 0.244 e. The van der Waals surface area contributed by atoms with Gasteiger partial charge in [0, 0.05) is 19.2 Å². The van der Waals surface area contributed by atoms with Gasteiger partial charge in [-0.1, -0.05) is 24.1 Å². The fraction of sp³-hybridized carbons (Fsp3) is 0.467. The van der Waals surface area contributed by atoms with Gasteiger partial charge in [0.05, 0.1) is 32.9 Å². The standard InChI is InChI=1S/C15H19ClN2O3S/c1-22(21)15-11(16)6-5-7-12(15)17-13(19)10-18-9-4-2-3-8-14(18)20/h5-7H,2-4,8-10H2,1H3,(H,17,19)/t22-/m1/s1. The van der Waals surface area contributed by atoms with Gasteiger partial charge in [0.1, 0.15) is 0 Å². The Labute approximate surface area is 137 Å². The Hall–Kier alpha value is -1.40. The minimum atomic E-state index is -1.31. The molecule has 2 rings (SSSR count). The van der Waals surface area contributed by atoms with E-state index in [0.29, 0.717) is 28.6 Å². The normalized spacial score (nSPS) is 17.0. The summed E-state index contributed by atoms with van der Waals surface area (Å²) in [6.45, 7) is 0.621. The second-order valence-electron chi connectivity index (χ2n) is 5.24. The predicted octanol–water partition coefficient (Wildman–Crippen LogP) is 2.42. The van der Waals surface area contributed by atoms with Crippen LogP contribution in [0.4, 0.5) is 5.69 Å². The largest absolute Gasteiger partial charge is 0.333 e. The number of nitrogens with zero attached hydrogens (tertiary/aromatic N) is 1. The molecule has 0 radical (unpaired) electrons. The Bertz CT molecular complexity index is 606. The lowest BCUT2D eigenvalue weighted by Crippen LogP contribution is -2.37. The number of halogens is 1. The van der Waals surface area contributed by atoms with Crippen molar-refractivity contribution in [2.75, 3.05) is 24.7 Å². The summed E-state index contributed by atoms with van der Waals surface area (Å²) < 4.78 is 11.8. The average molecular weight is 343 g/mol. The van der Waals surface area contributed by atoms with E-state index in [2.05, 4.69) is 5.32 Å². The summed E-state index contributed by atoms with van der Waals surface area (Å²) in [5.41, 5.74) is 0.431. The summed E-state index contributed by atoms with van der Waals surface area (Å²) in [6.07, 6.45) is 4.81. The molecule has 1 aromatic carbocycles. The molecule has 1 fully saturated rings. The van der Waals surface area contributed by atoms with E-state index in [9.17, 15) is 13.8 Å². The molecule has 1 aliphatic heterocycles. The zero-order chi connectivity index (χ0) is 16.1. The molecule has 1 saturated heterocycles. The molecular weight excluding hydrogens is 324 g/mol. The van der Waals surface area contributed by atoms with Crippen LogP contribution in [0.2, 0.25) is 5.02 Å². The van der Waals surface area contributed by atoms with Crippen LogP contribution in [-0.2, 0) is 20.4 Å². The first-order chi connectivity index (χ1) is 10.5. The number of carbonyl (C=O) groups is 2. The number of benzene rings is 1. The maximum absolute atomic E-state index is 12.2. The van der Waals surface area contributed by atoms with Gasteiger partial charge >= 0.3 is 0 Å². The highest BCUT2D eigenvalue weighted by Gasteiger charge is 2.20. The fourth-order valence-electron chi connectivity index (χ4n) is 2.47. The number of anilines is 1. The Kier molecular flexibility index (Phi) is 5.97. The summed E-state index contributed by atoms with van der Waals surface area (Å²) in [6, 6.07) is 4.97. The van der Waals surface area contributed by atoms with Gasteiger partial charge in [-0.2, -0.15) is 0 Å². The van der Waals surface area contributed by atoms with Crippen molar-refractivity contribution in [1.29, 1.82) is 0 Å². The monoisotopic (exact) mass is 342 g/mol. The molecule has 22 heavy (non-hydrogen) atoms. The van der Waals surface area contributed by atoms with E-state index in [1.54, 1.807) is 23.1 Å². The van der Waals surface area contributed by atoms with Crippen LogP contribution in [-0.4, -0.2) is 40.3 Å². The molecule has 0 saturated carbocycles. The first kappa shape index (κ1) is 17.0. The lowest BCUT2D eigenvalue weighted by molar-refractivity contribution is -0.134. The molecule has 1 heterocycles. The minimum absolute atomic E-state index is 0.0121. The highest BCUT2D eigenvalue weighted by atomic mass is 35.5. The molecule has 2 amide bonds. The molecule has 120 valence electrons. The maximum atomic E-state index is 12.2. The number of likely N-dealkylation sites (tertiary alicyclic amines) is 1. The summed E-state index contributed by atoms with van der Waals surface area (Å²) in [4.78, 5) is 26.1. The van der Waals surface area contributed by atoms with E-state index < -0.39 is 10.8 Å². The van der Waals surface area contributed by atoms with E-state index in [1.807, 2.05) is 0 Å². The molecule has 1 aromatic rings. The summed E-state index contributed by atoms with van der Waals surface area (Å²) in [5.74, 6) is -0.290. The van der Waals surface area contributed by atoms with Gasteiger partial charge in [-0.15, -0.1) is 0 Å². The molecule has 0 unspecified atom stereocenters. The molecule has 7 heteroatoms. The smallest absolute Gasteiger partial charge is 0.244 e. The van der Waals surface area contributed by atoms with E-state index in [-0.39, 0.29) is 18.4 Å². The van der Waals surface area contributed by atoms with Crippen LogP contribution >= 0.6 is 11.6 Å². The molecule has 0 aliphatic carbocycles. The van der Waals surface area contributed by atoms with E-state index in [4.69, 9.17) is 11.6 Å². The van der Waals surface area contributed by atoms with Crippen molar-refractivity contribution in [3.8, 4) is 0 Å². The van der Waals surface area contributed by atoms with Crippen molar-refractivity contribution in [1.82, 2.24) is 4.90 Å². The topological polar surface area (TPSA) is 66.5 Å². The van der Waals surface area contributed by atoms with Gasteiger partial charge in [0.2, 0.25) is 11.8 Å². The number of amides is 2. The fourth-order valence-corrected chi connectivity index (χ4v) is 3.74. The summed E-state index contributed by atoms with van der Waals surface area (Å²) in [7, 11) is -1.31.